The van der Waals surface area contributed by atoms with Gasteiger partial charge in [-0.1, -0.05) is 13.3 Å². The molecule has 0 bridgehead atoms. The van der Waals surface area contributed by atoms with Crippen LogP contribution < -0.4 is 5.32 Å². The third-order valence-corrected chi connectivity index (χ3v) is 5.96. The van der Waals surface area contributed by atoms with Gasteiger partial charge in [0.05, 0.1) is 5.25 Å². The molecule has 19 heavy (non-hydrogen) atoms. The van der Waals surface area contributed by atoms with Crippen LogP contribution in [0.3, 0.4) is 0 Å². The van der Waals surface area contributed by atoms with Crippen molar-refractivity contribution in [1.29, 1.82) is 0 Å². The van der Waals surface area contributed by atoms with Crippen molar-refractivity contribution in [2.75, 3.05) is 27.0 Å². The Bertz CT molecular complexity index is 356. The summed E-state index contributed by atoms with van der Waals surface area (Å²) in [5, 5.41) is 3.24. The molecule has 0 heterocycles. The Morgan fingerprint density at radius 3 is 2.58 bits per heavy atom. The highest BCUT2D eigenvalue weighted by atomic mass is 32.2. The molecule has 4 atom stereocenters. The van der Waals surface area contributed by atoms with Crippen molar-refractivity contribution < 1.29 is 13.2 Å². The Morgan fingerprint density at radius 1 is 1.37 bits per heavy atom. The lowest BCUT2D eigenvalue weighted by Gasteiger charge is -2.35. The minimum atomic E-state index is -2.89. The highest BCUT2D eigenvalue weighted by molar-refractivity contribution is 7.91. The summed E-state index contributed by atoms with van der Waals surface area (Å²) in [5.74, 6) is 0.971. The van der Waals surface area contributed by atoms with Gasteiger partial charge >= 0.3 is 0 Å². The molecular weight excluding hydrogens is 262 g/mol. The first-order valence-electron chi connectivity index (χ1n) is 7.23. The summed E-state index contributed by atoms with van der Waals surface area (Å²) in [6.07, 6.45) is 6.23. The van der Waals surface area contributed by atoms with Crippen molar-refractivity contribution in [3.05, 3.63) is 0 Å². The Kier molecular flexibility index (Phi) is 6.77. The van der Waals surface area contributed by atoms with Crippen LogP contribution in [0.25, 0.3) is 0 Å². The van der Waals surface area contributed by atoms with Crippen LogP contribution in [0.1, 0.15) is 39.0 Å². The number of ether oxygens (including phenoxy) is 1. The molecule has 0 aromatic rings. The molecule has 5 heteroatoms. The monoisotopic (exact) mass is 291 g/mol. The van der Waals surface area contributed by atoms with Crippen LogP contribution in [0, 0.1) is 11.8 Å². The van der Waals surface area contributed by atoms with Gasteiger partial charge in [0.2, 0.25) is 0 Å². The second-order valence-electron chi connectivity index (χ2n) is 6.07. The predicted octanol–water partition coefficient (Wildman–Crippen LogP) is 1.85. The van der Waals surface area contributed by atoms with Gasteiger partial charge in [0, 0.05) is 26.0 Å². The van der Waals surface area contributed by atoms with Gasteiger partial charge in [-0.15, -0.1) is 0 Å². The van der Waals surface area contributed by atoms with E-state index in [9.17, 15) is 8.42 Å². The zero-order valence-electron chi connectivity index (χ0n) is 12.7. The number of rotatable bonds is 7. The van der Waals surface area contributed by atoms with Gasteiger partial charge in [-0.3, -0.25) is 0 Å². The van der Waals surface area contributed by atoms with Gasteiger partial charge in [0.15, 0.2) is 0 Å². The van der Waals surface area contributed by atoms with Crippen molar-refractivity contribution >= 4 is 9.84 Å². The van der Waals surface area contributed by atoms with Crippen molar-refractivity contribution in [2.24, 2.45) is 11.8 Å². The first-order chi connectivity index (χ1) is 8.88. The maximum Gasteiger partial charge on any atom is 0.150 e. The Balaban J connectivity index is 2.60. The molecule has 0 aliphatic heterocycles. The third kappa shape index (κ3) is 5.40. The molecule has 1 fully saturated rings. The van der Waals surface area contributed by atoms with Gasteiger partial charge < -0.3 is 10.1 Å². The van der Waals surface area contributed by atoms with E-state index in [4.69, 9.17) is 4.74 Å². The molecule has 0 saturated heterocycles. The minimum Gasteiger partial charge on any atom is -0.384 e. The first-order valence-corrected chi connectivity index (χ1v) is 9.19. The summed E-state index contributed by atoms with van der Waals surface area (Å²) in [4.78, 5) is 0. The summed E-state index contributed by atoms with van der Waals surface area (Å²) < 4.78 is 28.6. The molecule has 1 aliphatic rings. The largest absolute Gasteiger partial charge is 0.384 e. The van der Waals surface area contributed by atoms with E-state index in [1.54, 1.807) is 7.11 Å². The van der Waals surface area contributed by atoms with Crippen LogP contribution in [0.5, 0.6) is 0 Å². The predicted molar refractivity (Wildman–Crippen MR) is 79.1 cm³/mol. The molecule has 114 valence electrons. The van der Waals surface area contributed by atoms with Crippen LogP contribution in [-0.2, 0) is 14.6 Å². The molecule has 1 rings (SSSR count). The zero-order valence-corrected chi connectivity index (χ0v) is 13.5. The second kappa shape index (κ2) is 7.60. The summed E-state index contributed by atoms with van der Waals surface area (Å²) in [7, 11) is 0.816. The standard InChI is InChI=1S/C14H29NO3S/c1-11(10-18-3)8-14(15-2)12-6-5-7-13(9-12)19(4,16)17/h11-15H,5-10H2,1-4H3. The van der Waals surface area contributed by atoms with Crippen molar-refractivity contribution in [3.63, 3.8) is 0 Å². The number of nitrogens with one attached hydrogen (secondary N) is 1. The third-order valence-electron chi connectivity index (χ3n) is 4.32. The lowest BCUT2D eigenvalue weighted by molar-refractivity contribution is 0.139. The van der Waals surface area contributed by atoms with E-state index in [1.807, 2.05) is 7.05 Å². The normalized spacial score (nSPS) is 28.0. The minimum absolute atomic E-state index is 0.139. The Hall–Kier alpha value is -0.130. The topological polar surface area (TPSA) is 55.4 Å². The SMILES string of the molecule is CNC(CC(C)COC)C1CCCC(S(C)(=O)=O)C1. The highest BCUT2D eigenvalue weighted by Gasteiger charge is 2.32. The molecule has 1 aliphatic carbocycles. The van der Waals surface area contributed by atoms with Crippen LogP contribution in [0.2, 0.25) is 0 Å². The fourth-order valence-electron chi connectivity index (χ4n) is 3.27. The summed E-state index contributed by atoms with van der Waals surface area (Å²) in [5.41, 5.74) is 0. The van der Waals surface area contributed by atoms with E-state index in [0.29, 0.717) is 17.9 Å². The van der Waals surface area contributed by atoms with E-state index in [0.717, 1.165) is 38.7 Å². The molecule has 0 aromatic carbocycles. The van der Waals surface area contributed by atoms with E-state index in [-0.39, 0.29) is 5.25 Å². The average molecular weight is 291 g/mol. The van der Waals surface area contributed by atoms with E-state index >= 15 is 0 Å². The lowest BCUT2D eigenvalue weighted by Crippen LogP contribution is -2.40. The lowest BCUT2D eigenvalue weighted by atomic mass is 9.80. The van der Waals surface area contributed by atoms with Crippen molar-refractivity contribution in [1.82, 2.24) is 5.32 Å². The maximum absolute atomic E-state index is 11.7. The molecule has 1 saturated carbocycles. The van der Waals surface area contributed by atoms with Crippen LogP contribution in [-0.4, -0.2) is 46.7 Å². The molecule has 1 N–H and O–H groups in total. The van der Waals surface area contributed by atoms with Crippen molar-refractivity contribution in [3.8, 4) is 0 Å². The maximum atomic E-state index is 11.7. The van der Waals surface area contributed by atoms with Gasteiger partial charge in [-0.2, -0.15) is 0 Å². The van der Waals surface area contributed by atoms with E-state index < -0.39 is 9.84 Å². The molecule has 0 amide bonds. The molecular formula is C14H29NO3S. The molecule has 4 unspecified atom stereocenters. The quantitative estimate of drug-likeness (QED) is 0.778. The van der Waals surface area contributed by atoms with Gasteiger partial charge in [0.1, 0.15) is 9.84 Å². The van der Waals surface area contributed by atoms with E-state index in [1.165, 1.54) is 6.26 Å². The van der Waals surface area contributed by atoms with Crippen molar-refractivity contribution in [2.45, 2.75) is 50.3 Å². The molecule has 0 radical (unpaired) electrons. The van der Waals surface area contributed by atoms with E-state index in [2.05, 4.69) is 12.2 Å². The number of hydrogen-bond acceptors (Lipinski definition) is 4. The fourth-order valence-corrected chi connectivity index (χ4v) is 4.46. The number of hydrogen-bond donors (Lipinski definition) is 1. The van der Waals surface area contributed by atoms with Crippen LogP contribution >= 0.6 is 0 Å². The molecule has 0 spiro atoms. The van der Waals surface area contributed by atoms with Gasteiger partial charge in [-0.05, 0) is 44.6 Å². The average Bonchev–Trinajstić information content (AvgIpc) is 2.35. The fraction of sp³-hybridized carbons (Fsp3) is 1.00. The van der Waals surface area contributed by atoms with Crippen LogP contribution in [0.4, 0.5) is 0 Å². The highest BCUT2D eigenvalue weighted by Crippen LogP contribution is 2.32. The summed E-state index contributed by atoms with van der Waals surface area (Å²) in [6, 6.07) is 0.398. The Labute approximate surface area is 118 Å². The summed E-state index contributed by atoms with van der Waals surface area (Å²) in [6.45, 7) is 2.95. The second-order valence-corrected chi connectivity index (χ2v) is 8.40. The molecule has 4 nitrogen and oxygen atoms in total. The number of methoxy groups -OCH3 is 1. The zero-order chi connectivity index (χ0) is 14.5. The number of sulfone groups is 1. The summed E-state index contributed by atoms with van der Waals surface area (Å²) >= 11 is 0. The first kappa shape index (κ1) is 16.9. The smallest absolute Gasteiger partial charge is 0.150 e. The molecule has 0 aromatic heterocycles. The Morgan fingerprint density at radius 2 is 2.05 bits per heavy atom. The van der Waals surface area contributed by atoms with Gasteiger partial charge in [0.25, 0.3) is 0 Å². The van der Waals surface area contributed by atoms with Gasteiger partial charge in [-0.25, -0.2) is 8.42 Å². The van der Waals surface area contributed by atoms with Crippen LogP contribution in [0.15, 0.2) is 0 Å².